The minimum Gasteiger partial charge on any atom is -0.366 e. The highest BCUT2D eigenvalue weighted by Gasteiger charge is 2.12. The van der Waals surface area contributed by atoms with Crippen LogP contribution in [0.3, 0.4) is 0 Å². The first-order chi connectivity index (χ1) is 9.65. The van der Waals surface area contributed by atoms with Crippen LogP contribution in [0.4, 0.5) is 0 Å². The molecule has 0 aromatic heterocycles. The molecule has 5 heteroatoms. The molecule has 0 aromatic rings. The van der Waals surface area contributed by atoms with Gasteiger partial charge >= 0.3 is 0 Å². The van der Waals surface area contributed by atoms with Gasteiger partial charge in [-0.2, -0.15) is 0 Å². The molecule has 0 N–H and O–H groups in total. The van der Waals surface area contributed by atoms with Gasteiger partial charge in [-0.1, -0.05) is 6.92 Å². The molecule has 5 nitrogen and oxygen atoms in total. The highest BCUT2D eigenvalue weighted by atomic mass is 16.5. The molecule has 2 fully saturated rings. The zero-order chi connectivity index (χ0) is 14.8. The molecule has 0 radical (unpaired) electrons. The van der Waals surface area contributed by atoms with Gasteiger partial charge < -0.3 is 19.4 Å². The van der Waals surface area contributed by atoms with Crippen molar-refractivity contribution in [2.75, 3.05) is 86.3 Å². The van der Waals surface area contributed by atoms with Crippen molar-refractivity contribution in [1.29, 1.82) is 0 Å². The van der Waals surface area contributed by atoms with Gasteiger partial charge in [-0.3, -0.25) is 4.90 Å². The van der Waals surface area contributed by atoms with E-state index in [2.05, 4.69) is 40.6 Å². The average Bonchev–Trinajstić information content (AvgIpc) is 2.48. The maximum absolute atomic E-state index is 5.32. The van der Waals surface area contributed by atoms with Gasteiger partial charge in [-0.05, 0) is 27.6 Å². The summed E-state index contributed by atoms with van der Waals surface area (Å²) in [6.07, 6.45) is 0. The quantitative estimate of drug-likeness (QED) is 0.748. The SMILES string of the molecule is CCN1CCN(C)CC1.CCOCN1CCN(C)CC1. The Morgan fingerprint density at radius 3 is 1.55 bits per heavy atom. The van der Waals surface area contributed by atoms with E-state index in [1.807, 2.05) is 6.92 Å². The fraction of sp³-hybridized carbons (Fsp3) is 1.00. The minimum atomic E-state index is 0.810. The molecule has 120 valence electrons. The van der Waals surface area contributed by atoms with Crippen LogP contribution in [0.25, 0.3) is 0 Å². The molecule has 0 unspecified atom stereocenters. The van der Waals surface area contributed by atoms with Crippen LogP contribution in [0, 0.1) is 0 Å². The van der Waals surface area contributed by atoms with Crippen LogP contribution in [0.1, 0.15) is 13.8 Å². The van der Waals surface area contributed by atoms with Gasteiger partial charge in [0.25, 0.3) is 0 Å². The largest absolute Gasteiger partial charge is 0.366 e. The molecule has 0 atom stereocenters. The summed E-state index contributed by atoms with van der Waals surface area (Å²) in [6, 6.07) is 0. The lowest BCUT2D eigenvalue weighted by Crippen LogP contribution is -2.45. The highest BCUT2D eigenvalue weighted by molar-refractivity contribution is 4.67. The van der Waals surface area contributed by atoms with Crippen molar-refractivity contribution in [1.82, 2.24) is 19.6 Å². The highest BCUT2D eigenvalue weighted by Crippen LogP contribution is 1.98. The smallest absolute Gasteiger partial charge is 0.0990 e. The second-order valence-electron chi connectivity index (χ2n) is 5.78. The molecule has 2 aliphatic heterocycles. The number of hydrogen-bond acceptors (Lipinski definition) is 5. The zero-order valence-electron chi connectivity index (χ0n) is 14.0. The molecule has 0 bridgehead atoms. The molecule has 2 saturated heterocycles. The number of nitrogens with zero attached hydrogens (tertiary/aromatic N) is 4. The van der Waals surface area contributed by atoms with E-state index in [4.69, 9.17) is 4.74 Å². The fourth-order valence-corrected chi connectivity index (χ4v) is 2.36. The minimum absolute atomic E-state index is 0.810. The summed E-state index contributed by atoms with van der Waals surface area (Å²) in [7, 11) is 4.35. The van der Waals surface area contributed by atoms with Crippen LogP contribution in [0.2, 0.25) is 0 Å². The Labute approximate surface area is 125 Å². The fourth-order valence-electron chi connectivity index (χ4n) is 2.36. The summed E-state index contributed by atoms with van der Waals surface area (Å²) in [5.74, 6) is 0. The van der Waals surface area contributed by atoms with Crippen molar-refractivity contribution in [3.63, 3.8) is 0 Å². The van der Waals surface area contributed by atoms with E-state index in [1.165, 1.54) is 45.8 Å². The summed E-state index contributed by atoms with van der Waals surface area (Å²) >= 11 is 0. The molecule has 0 spiro atoms. The molecular weight excluding hydrogens is 252 g/mol. The van der Waals surface area contributed by atoms with Crippen molar-refractivity contribution < 1.29 is 4.74 Å². The molecule has 20 heavy (non-hydrogen) atoms. The third kappa shape index (κ3) is 7.55. The molecule has 2 rings (SSSR count). The van der Waals surface area contributed by atoms with Gasteiger partial charge in [0.2, 0.25) is 0 Å². The lowest BCUT2D eigenvalue weighted by atomic mass is 10.3. The summed E-state index contributed by atoms with van der Waals surface area (Å²) < 4.78 is 5.32. The predicted octanol–water partition coefficient (Wildman–Crippen LogP) is 0.482. The lowest BCUT2D eigenvalue weighted by Gasteiger charge is -2.31. The first kappa shape index (κ1) is 17.9. The number of piperazine rings is 2. The van der Waals surface area contributed by atoms with Gasteiger partial charge in [0.1, 0.15) is 0 Å². The van der Waals surface area contributed by atoms with Gasteiger partial charge in [0, 0.05) is 59.0 Å². The molecule has 0 amide bonds. The number of likely N-dealkylation sites (N-methyl/N-ethyl adjacent to an activating group) is 3. The van der Waals surface area contributed by atoms with Crippen molar-refractivity contribution in [2.24, 2.45) is 0 Å². The van der Waals surface area contributed by atoms with Gasteiger partial charge in [0.05, 0.1) is 6.73 Å². The molecule has 0 saturated carbocycles. The van der Waals surface area contributed by atoms with Gasteiger partial charge in [-0.15, -0.1) is 0 Å². The second kappa shape index (κ2) is 10.5. The Balaban J connectivity index is 0.000000204. The molecule has 0 aliphatic carbocycles. The van der Waals surface area contributed by atoms with E-state index >= 15 is 0 Å². The summed E-state index contributed by atoms with van der Waals surface area (Å²) in [5.41, 5.74) is 0. The van der Waals surface area contributed by atoms with E-state index in [-0.39, 0.29) is 0 Å². The predicted molar refractivity (Wildman–Crippen MR) is 85.2 cm³/mol. The van der Waals surface area contributed by atoms with Gasteiger partial charge in [-0.25, -0.2) is 0 Å². The maximum atomic E-state index is 5.32. The first-order valence-electron chi connectivity index (χ1n) is 8.05. The Morgan fingerprint density at radius 2 is 1.15 bits per heavy atom. The number of rotatable bonds is 4. The van der Waals surface area contributed by atoms with E-state index in [9.17, 15) is 0 Å². The molecule has 2 aliphatic rings. The molecule has 0 aromatic carbocycles. The molecule has 2 heterocycles. The van der Waals surface area contributed by atoms with Crippen LogP contribution in [-0.4, -0.2) is 106 Å². The maximum Gasteiger partial charge on any atom is 0.0990 e. The van der Waals surface area contributed by atoms with Crippen molar-refractivity contribution in [3.05, 3.63) is 0 Å². The second-order valence-corrected chi connectivity index (χ2v) is 5.78. The van der Waals surface area contributed by atoms with E-state index in [0.717, 1.165) is 26.4 Å². The molecular formula is C15H34N4O. The third-order valence-electron chi connectivity index (χ3n) is 4.12. The normalized spacial score (nSPS) is 23.4. The van der Waals surface area contributed by atoms with Gasteiger partial charge in [0.15, 0.2) is 0 Å². The lowest BCUT2D eigenvalue weighted by molar-refractivity contribution is 0.0118. The Hall–Kier alpha value is -0.200. The number of ether oxygens (including phenoxy) is 1. The van der Waals surface area contributed by atoms with Crippen molar-refractivity contribution in [2.45, 2.75) is 13.8 Å². The van der Waals surface area contributed by atoms with E-state index < -0.39 is 0 Å². The Morgan fingerprint density at radius 1 is 0.700 bits per heavy atom. The van der Waals surface area contributed by atoms with E-state index in [1.54, 1.807) is 0 Å². The third-order valence-corrected chi connectivity index (χ3v) is 4.12. The number of hydrogen-bond donors (Lipinski definition) is 0. The van der Waals surface area contributed by atoms with Crippen LogP contribution in [-0.2, 0) is 4.74 Å². The van der Waals surface area contributed by atoms with Crippen LogP contribution < -0.4 is 0 Å². The summed E-state index contributed by atoms with van der Waals surface area (Å²) in [5, 5.41) is 0. The van der Waals surface area contributed by atoms with Crippen LogP contribution in [0.15, 0.2) is 0 Å². The van der Waals surface area contributed by atoms with Crippen LogP contribution >= 0.6 is 0 Å². The Bertz CT molecular complexity index is 221. The first-order valence-corrected chi connectivity index (χ1v) is 8.05. The topological polar surface area (TPSA) is 22.2 Å². The Kier molecular flexibility index (Phi) is 9.39. The van der Waals surface area contributed by atoms with Crippen molar-refractivity contribution >= 4 is 0 Å². The average molecular weight is 286 g/mol. The van der Waals surface area contributed by atoms with E-state index in [0.29, 0.717) is 0 Å². The standard InChI is InChI=1S/C8H18N2O.C7H16N2/c1-3-11-8-10-6-4-9(2)5-7-10;1-3-9-6-4-8(2)5-7-9/h3-8H2,1-2H3;3-7H2,1-2H3. The zero-order valence-corrected chi connectivity index (χ0v) is 14.0. The monoisotopic (exact) mass is 286 g/mol. The van der Waals surface area contributed by atoms with Crippen molar-refractivity contribution in [3.8, 4) is 0 Å². The summed E-state index contributed by atoms with van der Waals surface area (Å²) in [6.45, 7) is 16.8. The van der Waals surface area contributed by atoms with Crippen LogP contribution in [0.5, 0.6) is 0 Å². The summed E-state index contributed by atoms with van der Waals surface area (Å²) in [4.78, 5) is 9.57.